The van der Waals surface area contributed by atoms with Crippen molar-refractivity contribution in [1.82, 2.24) is 5.32 Å². The summed E-state index contributed by atoms with van der Waals surface area (Å²) in [6.07, 6.45) is 2.19. The molecule has 0 unspecified atom stereocenters. The van der Waals surface area contributed by atoms with E-state index in [9.17, 15) is 0 Å². The highest BCUT2D eigenvalue weighted by Crippen LogP contribution is 2.13. The largest absolute Gasteiger partial charge is 0.376 e. The van der Waals surface area contributed by atoms with Gasteiger partial charge in [-0.3, -0.25) is 0 Å². The van der Waals surface area contributed by atoms with E-state index in [1.165, 1.54) is 0 Å². The van der Waals surface area contributed by atoms with Crippen molar-refractivity contribution in [2.24, 2.45) is 0 Å². The molecule has 0 rings (SSSR count). The van der Waals surface area contributed by atoms with Crippen LogP contribution in [0.15, 0.2) is 0 Å². The predicted molar refractivity (Wildman–Crippen MR) is 53.5 cm³/mol. The highest BCUT2D eigenvalue weighted by molar-refractivity contribution is 4.64. The van der Waals surface area contributed by atoms with Crippen LogP contribution in [0.1, 0.15) is 40.5 Å². The number of ether oxygens (including phenoxy) is 1. The van der Waals surface area contributed by atoms with Gasteiger partial charge in [-0.2, -0.15) is 0 Å². The fraction of sp³-hybridized carbons (Fsp3) is 1.00. The fourth-order valence-corrected chi connectivity index (χ4v) is 0.824. The third-order valence-electron chi connectivity index (χ3n) is 2.09. The molecular formula is C10H23NO. The second-order valence-electron chi connectivity index (χ2n) is 3.67. The van der Waals surface area contributed by atoms with E-state index in [2.05, 4.69) is 33.0 Å². The Bertz CT molecular complexity index is 102. The van der Waals surface area contributed by atoms with E-state index < -0.39 is 0 Å². The monoisotopic (exact) mass is 173 g/mol. The smallest absolute Gasteiger partial charge is 0.0623 e. The van der Waals surface area contributed by atoms with Gasteiger partial charge in [-0.25, -0.2) is 0 Å². The number of nitrogens with one attached hydrogen (secondary N) is 1. The first kappa shape index (κ1) is 11.9. The first-order valence-corrected chi connectivity index (χ1v) is 4.97. The van der Waals surface area contributed by atoms with Gasteiger partial charge in [0.2, 0.25) is 0 Å². The summed E-state index contributed by atoms with van der Waals surface area (Å²) < 4.78 is 5.69. The molecule has 0 aromatic rings. The molecule has 0 bridgehead atoms. The minimum atomic E-state index is 0.0617. The van der Waals surface area contributed by atoms with Crippen LogP contribution in [-0.4, -0.2) is 25.3 Å². The van der Waals surface area contributed by atoms with Crippen LogP contribution >= 0.6 is 0 Å². The van der Waals surface area contributed by atoms with E-state index in [0.29, 0.717) is 0 Å². The summed E-state index contributed by atoms with van der Waals surface area (Å²) in [6.45, 7) is 11.5. The molecule has 74 valence electrons. The quantitative estimate of drug-likeness (QED) is 0.596. The van der Waals surface area contributed by atoms with E-state index in [4.69, 9.17) is 4.74 Å². The van der Waals surface area contributed by atoms with Crippen molar-refractivity contribution < 1.29 is 4.74 Å². The van der Waals surface area contributed by atoms with Crippen LogP contribution < -0.4 is 5.32 Å². The minimum absolute atomic E-state index is 0.0617. The van der Waals surface area contributed by atoms with Gasteiger partial charge < -0.3 is 10.1 Å². The molecule has 0 aromatic carbocycles. The van der Waals surface area contributed by atoms with Crippen LogP contribution in [0.3, 0.4) is 0 Å². The van der Waals surface area contributed by atoms with E-state index in [1.807, 2.05) is 0 Å². The summed E-state index contributed by atoms with van der Waals surface area (Å²) in [7, 11) is 0. The third kappa shape index (κ3) is 6.62. The van der Waals surface area contributed by atoms with Crippen molar-refractivity contribution in [1.29, 1.82) is 0 Å². The maximum absolute atomic E-state index is 5.69. The van der Waals surface area contributed by atoms with Crippen LogP contribution in [0, 0.1) is 0 Å². The molecule has 0 aliphatic carbocycles. The molecule has 0 saturated heterocycles. The number of hydrogen-bond acceptors (Lipinski definition) is 2. The summed E-state index contributed by atoms with van der Waals surface area (Å²) >= 11 is 0. The SMILES string of the molecule is CCNCCCOC(C)(C)CC. The lowest BCUT2D eigenvalue weighted by atomic mass is 10.1. The molecule has 0 aliphatic heterocycles. The zero-order valence-corrected chi connectivity index (χ0v) is 8.94. The van der Waals surface area contributed by atoms with Crippen molar-refractivity contribution in [3.63, 3.8) is 0 Å². The summed E-state index contributed by atoms with van der Waals surface area (Å²) in [5.41, 5.74) is 0.0617. The zero-order chi connectivity index (χ0) is 9.45. The highest BCUT2D eigenvalue weighted by Gasteiger charge is 2.13. The zero-order valence-electron chi connectivity index (χ0n) is 8.94. The maximum Gasteiger partial charge on any atom is 0.0623 e. The normalized spacial score (nSPS) is 12.0. The average molecular weight is 173 g/mol. The molecule has 0 amide bonds. The first-order valence-electron chi connectivity index (χ1n) is 4.97. The number of hydrogen-bond donors (Lipinski definition) is 1. The molecule has 1 N–H and O–H groups in total. The van der Waals surface area contributed by atoms with Crippen molar-refractivity contribution in [2.75, 3.05) is 19.7 Å². The van der Waals surface area contributed by atoms with Crippen molar-refractivity contribution in [3.8, 4) is 0 Å². The molecule has 0 radical (unpaired) electrons. The molecule has 0 spiro atoms. The summed E-state index contributed by atoms with van der Waals surface area (Å²) in [5.74, 6) is 0. The summed E-state index contributed by atoms with van der Waals surface area (Å²) in [5, 5.41) is 3.27. The Balaban J connectivity index is 3.19. The standard InChI is InChI=1S/C10H23NO/c1-5-10(3,4)12-9-7-8-11-6-2/h11H,5-9H2,1-4H3. The Morgan fingerprint density at radius 2 is 1.92 bits per heavy atom. The summed E-state index contributed by atoms with van der Waals surface area (Å²) in [4.78, 5) is 0. The van der Waals surface area contributed by atoms with Crippen LogP contribution in [0.2, 0.25) is 0 Å². The Morgan fingerprint density at radius 1 is 1.25 bits per heavy atom. The second kappa shape index (κ2) is 6.44. The van der Waals surface area contributed by atoms with E-state index in [0.717, 1.165) is 32.5 Å². The van der Waals surface area contributed by atoms with Crippen molar-refractivity contribution in [2.45, 2.75) is 46.1 Å². The molecule has 0 atom stereocenters. The lowest BCUT2D eigenvalue weighted by Crippen LogP contribution is -2.25. The molecule has 0 aromatic heterocycles. The average Bonchev–Trinajstić information content (AvgIpc) is 2.04. The lowest BCUT2D eigenvalue weighted by molar-refractivity contribution is -0.0207. The van der Waals surface area contributed by atoms with E-state index >= 15 is 0 Å². The van der Waals surface area contributed by atoms with Gasteiger partial charge in [0.25, 0.3) is 0 Å². The van der Waals surface area contributed by atoms with Crippen molar-refractivity contribution in [3.05, 3.63) is 0 Å². The van der Waals surface area contributed by atoms with E-state index in [-0.39, 0.29) is 5.60 Å². The molecule has 0 fully saturated rings. The molecule has 0 heterocycles. The van der Waals surface area contributed by atoms with Gasteiger partial charge in [0.15, 0.2) is 0 Å². The summed E-state index contributed by atoms with van der Waals surface area (Å²) in [6, 6.07) is 0. The molecule has 12 heavy (non-hydrogen) atoms. The topological polar surface area (TPSA) is 21.3 Å². The Labute approximate surface area is 76.7 Å². The van der Waals surface area contributed by atoms with Gasteiger partial charge >= 0.3 is 0 Å². The minimum Gasteiger partial charge on any atom is -0.376 e. The van der Waals surface area contributed by atoms with Crippen molar-refractivity contribution >= 4 is 0 Å². The number of rotatable bonds is 7. The predicted octanol–water partition coefficient (Wildman–Crippen LogP) is 2.19. The Morgan fingerprint density at radius 3 is 2.42 bits per heavy atom. The molecular weight excluding hydrogens is 150 g/mol. The maximum atomic E-state index is 5.69. The molecule has 0 aliphatic rings. The fourth-order valence-electron chi connectivity index (χ4n) is 0.824. The molecule has 2 nitrogen and oxygen atoms in total. The van der Waals surface area contributed by atoms with Crippen LogP contribution in [0.4, 0.5) is 0 Å². The van der Waals surface area contributed by atoms with Crippen LogP contribution in [0.25, 0.3) is 0 Å². The van der Waals surface area contributed by atoms with Gasteiger partial charge in [0, 0.05) is 6.61 Å². The van der Waals surface area contributed by atoms with Gasteiger partial charge in [0.1, 0.15) is 0 Å². The Hall–Kier alpha value is -0.0800. The van der Waals surface area contributed by atoms with Gasteiger partial charge in [-0.05, 0) is 39.8 Å². The highest BCUT2D eigenvalue weighted by atomic mass is 16.5. The van der Waals surface area contributed by atoms with Crippen LogP contribution in [-0.2, 0) is 4.74 Å². The first-order chi connectivity index (χ1) is 5.62. The Kier molecular flexibility index (Phi) is 6.39. The molecule has 2 heteroatoms. The van der Waals surface area contributed by atoms with Gasteiger partial charge in [-0.15, -0.1) is 0 Å². The molecule has 0 saturated carbocycles. The lowest BCUT2D eigenvalue weighted by Gasteiger charge is -2.23. The third-order valence-corrected chi connectivity index (χ3v) is 2.09. The van der Waals surface area contributed by atoms with Gasteiger partial charge in [-0.1, -0.05) is 13.8 Å². The van der Waals surface area contributed by atoms with Gasteiger partial charge in [0.05, 0.1) is 5.60 Å². The second-order valence-corrected chi connectivity index (χ2v) is 3.67. The van der Waals surface area contributed by atoms with Crippen LogP contribution in [0.5, 0.6) is 0 Å². The van der Waals surface area contributed by atoms with E-state index in [1.54, 1.807) is 0 Å².